The van der Waals surface area contributed by atoms with E-state index in [1.165, 1.54) is 4.68 Å². The first-order valence-electron chi connectivity index (χ1n) is 7.73. The van der Waals surface area contributed by atoms with Gasteiger partial charge in [0.1, 0.15) is 0 Å². The van der Waals surface area contributed by atoms with Gasteiger partial charge in [0.05, 0.1) is 5.75 Å². The summed E-state index contributed by atoms with van der Waals surface area (Å²) in [5.74, 6) is -0.0853. The topological polar surface area (TPSA) is 79.0 Å². The molecule has 1 aromatic heterocycles. The Kier molecular flexibility index (Phi) is 5.04. The summed E-state index contributed by atoms with van der Waals surface area (Å²) < 4.78 is 6.39. The third kappa shape index (κ3) is 4.19. The molecule has 7 heteroatoms. The maximum atomic E-state index is 12.2. The molecule has 0 saturated heterocycles. The van der Waals surface area contributed by atoms with Gasteiger partial charge in [0.25, 0.3) is 0 Å². The van der Waals surface area contributed by atoms with Gasteiger partial charge < -0.3 is 5.32 Å². The van der Waals surface area contributed by atoms with Crippen molar-refractivity contribution in [3.63, 3.8) is 0 Å². The molecule has 25 heavy (non-hydrogen) atoms. The molecule has 0 spiro atoms. The van der Waals surface area contributed by atoms with Crippen molar-refractivity contribution in [2.45, 2.75) is 18.9 Å². The van der Waals surface area contributed by atoms with Crippen molar-refractivity contribution in [2.24, 2.45) is 0 Å². The lowest BCUT2D eigenvalue weighted by molar-refractivity contribution is -0.704. The second-order valence-corrected chi connectivity index (χ2v) is 6.63. The van der Waals surface area contributed by atoms with Crippen LogP contribution in [-0.4, -0.2) is 16.9 Å². The highest BCUT2D eigenvalue weighted by molar-refractivity contribution is 7.99. The molecule has 0 aliphatic carbocycles. The molecule has 2 N–H and O–H groups in total. The fraction of sp³-hybridized carbons (Fsp3) is 0.167. The van der Waals surface area contributed by atoms with Crippen molar-refractivity contribution in [2.75, 3.05) is 11.1 Å². The van der Waals surface area contributed by atoms with Crippen molar-refractivity contribution >= 4 is 23.4 Å². The van der Waals surface area contributed by atoms with Crippen molar-refractivity contribution in [3.05, 3.63) is 70.1 Å². The number of carbonyl (C=O) groups is 1. The van der Waals surface area contributed by atoms with Crippen molar-refractivity contribution in [1.82, 2.24) is 5.27 Å². The third-order valence-corrected chi connectivity index (χ3v) is 4.50. The number of hydrogen-bond donors (Lipinski definition) is 2. The highest BCUT2D eigenvalue weighted by Gasteiger charge is 2.24. The number of rotatable bonds is 5. The number of H-pyrrole nitrogens is 1. The predicted octanol–water partition coefficient (Wildman–Crippen LogP) is 2.59. The second-order valence-electron chi connectivity index (χ2n) is 5.67. The number of nitrogens with one attached hydrogen (secondary N) is 2. The predicted molar refractivity (Wildman–Crippen MR) is 96.1 cm³/mol. The van der Waals surface area contributed by atoms with Crippen LogP contribution >= 0.6 is 11.8 Å². The van der Waals surface area contributed by atoms with E-state index in [1.54, 1.807) is 0 Å². The van der Waals surface area contributed by atoms with Gasteiger partial charge in [-0.3, -0.25) is 9.32 Å². The first kappa shape index (κ1) is 17.0. The van der Waals surface area contributed by atoms with E-state index >= 15 is 0 Å². The van der Waals surface area contributed by atoms with E-state index in [9.17, 15) is 9.59 Å². The second kappa shape index (κ2) is 7.40. The van der Waals surface area contributed by atoms with Crippen LogP contribution in [0, 0.1) is 13.8 Å². The number of benzene rings is 2. The molecule has 0 saturated carbocycles. The van der Waals surface area contributed by atoms with Crippen molar-refractivity contribution in [1.29, 1.82) is 0 Å². The Morgan fingerprint density at radius 1 is 1.16 bits per heavy atom. The Morgan fingerprint density at radius 2 is 1.84 bits per heavy atom. The van der Waals surface area contributed by atoms with E-state index in [4.69, 9.17) is 4.52 Å². The molecule has 0 bridgehead atoms. The zero-order chi connectivity index (χ0) is 17.8. The summed E-state index contributed by atoms with van der Waals surface area (Å²) in [5, 5.41) is 5.73. The van der Waals surface area contributed by atoms with Crippen molar-refractivity contribution < 1.29 is 14.0 Å². The van der Waals surface area contributed by atoms with Gasteiger partial charge >= 0.3 is 10.7 Å². The summed E-state index contributed by atoms with van der Waals surface area (Å²) in [4.78, 5) is 24.1. The summed E-state index contributed by atoms with van der Waals surface area (Å²) in [6, 6.07) is 15.1. The van der Waals surface area contributed by atoms with Gasteiger partial charge in [-0.1, -0.05) is 24.3 Å². The maximum absolute atomic E-state index is 12.2. The number of thioether (sulfide) groups is 1. The van der Waals surface area contributed by atoms with E-state index in [-0.39, 0.29) is 11.7 Å². The highest BCUT2D eigenvalue weighted by Crippen LogP contribution is 2.16. The number of aryl methyl sites for hydroxylation is 2. The Balaban J connectivity index is 1.71. The molecule has 128 valence electrons. The lowest BCUT2D eigenvalue weighted by Gasteiger charge is -2.06. The van der Waals surface area contributed by atoms with Crippen LogP contribution in [0.2, 0.25) is 0 Å². The number of para-hydroxylation sites is 1. The van der Waals surface area contributed by atoms with Crippen LogP contribution in [0.3, 0.4) is 0 Å². The average Bonchev–Trinajstić information content (AvgIpc) is 2.93. The fourth-order valence-electron chi connectivity index (χ4n) is 2.51. The molecule has 0 unspecified atom stereocenters. The smallest absolute Gasteiger partial charge is 0.325 e. The molecule has 1 amide bonds. The molecular formula is C18H18N3O3S+. The Morgan fingerprint density at radius 3 is 2.52 bits per heavy atom. The fourth-order valence-corrected chi connectivity index (χ4v) is 3.28. The average molecular weight is 356 g/mol. The Labute approximate surface area is 148 Å². The largest absolute Gasteiger partial charge is 0.442 e. The number of aromatic nitrogens is 2. The van der Waals surface area contributed by atoms with Crippen LogP contribution < -0.4 is 15.6 Å². The first-order chi connectivity index (χ1) is 12.0. The molecule has 1 heterocycles. The zero-order valence-corrected chi connectivity index (χ0v) is 14.7. The minimum absolute atomic E-state index is 0.0996. The number of hydrogen-bond acceptors (Lipinski definition) is 4. The number of nitrogens with zero attached hydrogens (tertiary/aromatic N) is 1. The molecular weight excluding hydrogens is 338 g/mol. The monoisotopic (exact) mass is 356 g/mol. The summed E-state index contributed by atoms with van der Waals surface area (Å²) in [5.41, 5.74) is 3.16. The molecule has 2 aromatic carbocycles. The standard InChI is InChI=1S/C18H17N3O3S/c1-12-8-13(2)10-14(9-12)19-16(22)11-25-17-18(23)24-20-21(17)15-6-4-3-5-7-15/h3-10H,11H2,1-2H3,(H-,19,20,22,23)/p+1. The molecule has 0 atom stereocenters. The van der Waals surface area contributed by atoms with E-state index < -0.39 is 5.63 Å². The SMILES string of the molecule is Cc1cc(C)cc(NC(=O)CSc2c(=O)o[nH][n+]2-c2ccccc2)c1. The van der Waals surface area contributed by atoms with Crippen LogP contribution in [0.5, 0.6) is 0 Å². The van der Waals surface area contributed by atoms with Gasteiger partial charge in [-0.15, -0.1) is 0 Å². The van der Waals surface area contributed by atoms with E-state index in [0.29, 0.717) is 5.03 Å². The zero-order valence-electron chi connectivity index (χ0n) is 13.9. The van der Waals surface area contributed by atoms with Crippen LogP contribution in [0.1, 0.15) is 11.1 Å². The van der Waals surface area contributed by atoms with E-state index in [2.05, 4.69) is 10.6 Å². The van der Waals surface area contributed by atoms with Gasteiger partial charge in [-0.2, -0.15) is 0 Å². The summed E-state index contributed by atoms with van der Waals surface area (Å²) in [7, 11) is 0. The summed E-state index contributed by atoms with van der Waals surface area (Å²) in [6.45, 7) is 3.95. The van der Waals surface area contributed by atoms with Crippen LogP contribution in [-0.2, 0) is 4.79 Å². The molecule has 0 radical (unpaired) electrons. The number of amides is 1. The number of carbonyl (C=O) groups excluding carboxylic acids is 1. The quantitative estimate of drug-likeness (QED) is 0.544. The summed E-state index contributed by atoms with van der Waals surface area (Å²) >= 11 is 1.12. The van der Waals surface area contributed by atoms with Crippen LogP contribution in [0.15, 0.2) is 62.9 Å². The van der Waals surface area contributed by atoms with E-state index in [1.807, 2.05) is 62.4 Å². The van der Waals surface area contributed by atoms with E-state index in [0.717, 1.165) is 34.3 Å². The molecule has 0 aliphatic heterocycles. The maximum Gasteiger partial charge on any atom is 0.442 e. The van der Waals surface area contributed by atoms with Gasteiger partial charge in [-0.25, -0.2) is 4.79 Å². The molecule has 0 aliphatic rings. The molecule has 6 nitrogen and oxygen atoms in total. The molecule has 0 fully saturated rings. The minimum atomic E-state index is -0.506. The van der Waals surface area contributed by atoms with Gasteiger partial charge in [0.15, 0.2) is 0 Å². The minimum Gasteiger partial charge on any atom is -0.325 e. The van der Waals surface area contributed by atoms with Crippen molar-refractivity contribution in [3.8, 4) is 5.69 Å². The first-order valence-corrected chi connectivity index (χ1v) is 8.71. The van der Waals surface area contributed by atoms with Crippen LogP contribution in [0.4, 0.5) is 5.69 Å². The van der Waals surface area contributed by atoms with Gasteiger partial charge in [0.2, 0.25) is 11.6 Å². The van der Waals surface area contributed by atoms with Crippen LogP contribution in [0.25, 0.3) is 5.69 Å². The Hall–Kier alpha value is -2.80. The lowest BCUT2D eigenvalue weighted by Crippen LogP contribution is -2.36. The highest BCUT2D eigenvalue weighted by atomic mass is 32.2. The molecule has 3 aromatic rings. The van der Waals surface area contributed by atoms with Gasteiger partial charge in [-0.05, 0) is 58.8 Å². The van der Waals surface area contributed by atoms with Gasteiger partial charge in [0, 0.05) is 17.8 Å². The number of anilines is 1. The lowest BCUT2D eigenvalue weighted by atomic mass is 10.1. The number of aromatic amines is 1. The normalized spacial score (nSPS) is 10.6. The summed E-state index contributed by atoms with van der Waals surface area (Å²) in [6.07, 6.45) is 0. The third-order valence-electron chi connectivity index (χ3n) is 3.47. The Bertz CT molecular complexity index is 927. The molecule has 3 rings (SSSR count).